The van der Waals surface area contributed by atoms with E-state index in [0.29, 0.717) is 12.4 Å². The third-order valence-electron chi connectivity index (χ3n) is 3.22. The van der Waals surface area contributed by atoms with Crippen molar-refractivity contribution in [1.82, 2.24) is 4.98 Å². The second-order valence-corrected chi connectivity index (χ2v) is 4.65. The summed E-state index contributed by atoms with van der Waals surface area (Å²) in [4.78, 5) is 8.68. The molecule has 0 aliphatic carbocycles. The molecule has 1 aromatic heterocycles. The van der Waals surface area contributed by atoms with Gasteiger partial charge in [-0.1, -0.05) is 18.2 Å². The molecule has 0 fully saturated rings. The molecule has 4 heteroatoms. The number of ether oxygens (including phenoxy) is 2. The highest BCUT2D eigenvalue weighted by Gasteiger charge is 2.21. The molecule has 1 unspecified atom stereocenters. The van der Waals surface area contributed by atoms with Crippen molar-refractivity contribution >= 4 is 5.90 Å². The summed E-state index contributed by atoms with van der Waals surface area (Å²) in [5, 5.41) is 0. The molecule has 2 aromatic rings. The Morgan fingerprint density at radius 1 is 1.20 bits per heavy atom. The van der Waals surface area contributed by atoms with Crippen LogP contribution in [0, 0.1) is 0 Å². The fraction of sp³-hybridized carbons (Fsp3) is 0.250. The molecule has 1 aliphatic rings. The molecule has 0 N–H and O–H groups in total. The van der Waals surface area contributed by atoms with Crippen molar-refractivity contribution in [1.29, 1.82) is 0 Å². The Kier molecular flexibility index (Phi) is 3.63. The lowest BCUT2D eigenvalue weighted by molar-refractivity contribution is 0.224. The highest BCUT2D eigenvalue weighted by Crippen LogP contribution is 2.17. The summed E-state index contributed by atoms with van der Waals surface area (Å²) in [6, 6.07) is 13.8. The standard InChI is InChI=1S/C16H16N2O2/c1-19-13-7-5-12(6-8-13)10-14-11-18-16(20-14)15-4-2-3-9-17-15/h2-9,14H,10-11H2,1H3. The molecule has 0 radical (unpaired) electrons. The Labute approximate surface area is 118 Å². The van der Waals surface area contributed by atoms with Gasteiger partial charge in [0, 0.05) is 12.6 Å². The summed E-state index contributed by atoms with van der Waals surface area (Å²) in [5.74, 6) is 1.51. The van der Waals surface area contributed by atoms with Gasteiger partial charge < -0.3 is 9.47 Å². The van der Waals surface area contributed by atoms with E-state index in [1.807, 2.05) is 30.3 Å². The van der Waals surface area contributed by atoms with Crippen molar-refractivity contribution in [2.75, 3.05) is 13.7 Å². The molecule has 4 nitrogen and oxygen atoms in total. The maximum atomic E-state index is 5.86. The SMILES string of the molecule is COc1ccc(CC2CN=C(c3ccccn3)O2)cc1. The first-order chi connectivity index (χ1) is 9.85. The largest absolute Gasteiger partial charge is 0.497 e. The predicted octanol–water partition coefficient (Wildman–Crippen LogP) is 2.48. The quantitative estimate of drug-likeness (QED) is 0.855. The average molecular weight is 268 g/mol. The topological polar surface area (TPSA) is 43.7 Å². The van der Waals surface area contributed by atoms with Gasteiger partial charge in [0.2, 0.25) is 5.90 Å². The summed E-state index contributed by atoms with van der Waals surface area (Å²) in [6.45, 7) is 0.679. The van der Waals surface area contributed by atoms with Crippen LogP contribution in [-0.2, 0) is 11.2 Å². The normalized spacial score (nSPS) is 17.4. The number of pyridine rings is 1. The molecule has 1 atom stereocenters. The molecule has 1 aromatic carbocycles. The number of nitrogens with zero attached hydrogens (tertiary/aromatic N) is 2. The smallest absolute Gasteiger partial charge is 0.235 e. The first-order valence-electron chi connectivity index (χ1n) is 6.60. The second-order valence-electron chi connectivity index (χ2n) is 4.65. The number of hydrogen-bond donors (Lipinski definition) is 0. The Hall–Kier alpha value is -2.36. The Morgan fingerprint density at radius 2 is 2.05 bits per heavy atom. The first-order valence-corrected chi connectivity index (χ1v) is 6.60. The van der Waals surface area contributed by atoms with Crippen molar-refractivity contribution in [3.63, 3.8) is 0 Å². The van der Waals surface area contributed by atoms with Crippen LogP contribution < -0.4 is 4.74 Å². The van der Waals surface area contributed by atoms with E-state index >= 15 is 0 Å². The monoisotopic (exact) mass is 268 g/mol. The van der Waals surface area contributed by atoms with Gasteiger partial charge in [0.1, 0.15) is 17.5 Å². The minimum Gasteiger partial charge on any atom is -0.497 e. The second kappa shape index (κ2) is 5.74. The average Bonchev–Trinajstić information content (AvgIpc) is 2.97. The Balaban J connectivity index is 1.61. The molecule has 20 heavy (non-hydrogen) atoms. The fourth-order valence-corrected chi connectivity index (χ4v) is 2.18. The molecule has 1 aliphatic heterocycles. The van der Waals surface area contributed by atoms with E-state index in [-0.39, 0.29) is 6.10 Å². The molecule has 2 heterocycles. The molecule has 0 saturated heterocycles. The van der Waals surface area contributed by atoms with Crippen molar-refractivity contribution in [3.05, 3.63) is 59.9 Å². The Bertz CT molecular complexity index is 594. The maximum absolute atomic E-state index is 5.86. The van der Waals surface area contributed by atoms with Gasteiger partial charge in [0.05, 0.1) is 13.7 Å². The van der Waals surface area contributed by atoms with E-state index in [2.05, 4.69) is 22.1 Å². The van der Waals surface area contributed by atoms with Crippen molar-refractivity contribution < 1.29 is 9.47 Å². The van der Waals surface area contributed by atoms with Gasteiger partial charge in [0.25, 0.3) is 0 Å². The van der Waals surface area contributed by atoms with E-state index in [4.69, 9.17) is 9.47 Å². The predicted molar refractivity (Wildman–Crippen MR) is 77.2 cm³/mol. The van der Waals surface area contributed by atoms with Crippen molar-refractivity contribution in [2.45, 2.75) is 12.5 Å². The van der Waals surface area contributed by atoms with Gasteiger partial charge in [0.15, 0.2) is 0 Å². The molecule has 102 valence electrons. The van der Waals surface area contributed by atoms with Gasteiger partial charge in [-0.15, -0.1) is 0 Å². The summed E-state index contributed by atoms with van der Waals surface area (Å²) >= 11 is 0. The minimum absolute atomic E-state index is 0.0837. The van der Waals surface area contributed by atoms with Gasteiger partial charge in [-0.2, -0.15) is 0 Å². The van der Waals surface area contributed by atoms with Crippen LogP contribution in [0.3, 0.4) is 0 Å². The zero-order chi connectivity index (χ0) is 13.8. The summed E-state index contributed by atoms with van der Waals surface area (Å²) in [6.07, 6.45) is 2.67. The van der Waals surface area contributed by atoms with Crippen molar-refractivity contribution in [2.24, 2.45) is 4.99 Å². The molecule has 0 spiro atoms. The fourth-order valence-electron chi connectivity index (χ4n) is 2.18. The van der Waals surface area contributed by atoms with E-state index in [1.54, 1.807) is 13.3 Å². The molecular weight excluding hydrogens is 252 g/mol. The minimum atomic E-state index is 0.0837. The summed E-state index contributed by atoms with van der Waals surface area (Å²) in [7, 11) is 1.67. The van der Waals surface area contributed by atoms with Crippen LogP contribution >= 0.6 is 0 Å². The van der Waals surface area contributed by atoms with E-state index < -0.39 is 0 Å². The van der Waals surface area contributed by atoms with Gasteiger partial charge in [-0.3, -0.25) is 4.98 Å². The van der Waals surface area contributed by atoms with Crippen LogP contribution in [-0.4, -0.2) is 30.6 Å². The number of methoxy groups -OCH3 is 1. The van der Waals surface area contributed by atoms with Crippen LogP contribution in [0.25, 0.3) is 0 Å². The number of aromatic nitrogens is 1. The number of aliphatic imine (C=N–C) groups is 1. The number of benzene rings is 1. The van der Waals surface area contributed by atoms with Crippen LogP contribution in [0.2, 0.25) is 0 Å². The maximum Gasteiger partial charge on any atom is 0.235 e. The Morgan fingerprint density at radius 3 is 2.75 bits per heavy atom. The third-order valence-corrected chi connectivity index (χ3v) is 3.22. The number of hydrogen-bond acceptors (Lipinski definition) is 4. The van der Waals surface area contributed by atoms with E-state index in [1.165, 1.54) is 5.56 Å². The summed E-state index contributed by atoms with van der Waals surface area (Å²) in [5.41, 5.74) is 2.01. The third kappa shape index (κ3) is 2.79. The molecule has 0 bridgehead atoms. The van der Waals surface area contributed by atoms with Gasteiger partial charge in [-0.05, 0) is 29.8 Å². The lowest BCUT2D eigenvalue weighted by atomic mass is 10.1. The molecule has 0 saturated carbocycles. The van der Waals surface area contributed by atoms with Crippen LogP contribution in [0.5, 0.6) is 5.75 Å². The van der Waals surface area contributed by atoms with E-state index in [9.17, 15) is 0 Å². The summed E-state index contributed by atoms with van der Waals surface area (Å²) < 4.78 is 11.0. The molecular formula is C16H16N2O2. The number of rotatable bonds is 4. The lowest BCUT2D eigenvalue weighted by Crippen LogP contribution is -2.17. The van der Waals surface area contributed by atoms with E-state index in [0.717, 1.165) is 17.9 Å². The molecule has 3 rings (SSSR count). The van der Waals surface area contributed by atoms with Gasteiger partial charge >= 0.3 is 0 Å². The van der Waals surface area contributed by atoms with Gasteiger partial charge in [-0.25, -0.2) is 4.99 Å². The van der Waals surface area contributed by atoms with Crippen LogP contribution in [0.15, 0.2) is 53.7 Å². The zero-order valence-corrected chi connectivity index (χ0v) is 11.3. The van der Waals surface area contributed by atoms with Crippen molar-refractivity contribution in [3.8, 4) is 5.75 Å². The lowest BCUT2D eigenvalue weighted by Gasteiger charge is -2.11. The zero-order valence-electron chi connectivity index (χ0n) is 11.3. The first kappa shape index (κ1) is 12.7. The van der Waals surface area contributed by atoms with Crippen LogP contribution in [0.1, 0.15) is 11.3 Å². The highest BCUT2D eigenvalue weighted by molar-refractivity contribution is 5.93. The highest BCUT2D eigenvalue weighted by atomic mass is 16.5. The van der Waals surface area contributed by atoms with Crippen LogP contribution in [0.4, 0.5) is 0 Å². The molecule has 0 amide bonds.